The molecular formula is C44H48N19O9P. The van der Waals surface area contributed by atoms with Gasteiger partial charge in [-0.2, -0.15) is 54.7 Å². The van der Waals surface area contributed by atoms with Gasteiger partial charge >= 0.3 is 12.1 Å². The molecule has 0 spiro atoms. The molecule has 5 heterocycles. The number of aromatic nitrogens is 9. The zero-order chi connectivity index (χ0) is 56.7. The summed E-state index contributed by atoms with van der Waals surface area (Å²) in [6, 6.07) is 19.2. The molecule has 2 aliphatic heterocycles. The van der Waals surface area contributed by atoms with Gasteiger partial charge in [-0.25, -0.2) is 9.59 Å². The first-order valence-corrected chi connectivity index (χ1v) is 20.4. The van der Waals surface area contributed by atoms with Crippen molar-refractivity contribution < 1.29 is 46.1 Å². The van der Waals surface area contributed by atoms with Gasteiger partial charge in [0, 0.05) is 19.7 Å². The number of carbonyl (C=O) groups excluding carboxylic acids is 9. The van der Waals surface area contributed by atoms with Crippen LogP contribution in [-0.2, 0) is 25.6 Å². The lowest BCUT2D eigenvalue weighted by atomic mass is 9.96. The Labute approximate surface area is 420 Å². The minimum absolute atomic E-state index is 0.0371. The molecule has 378 valence electrons. The molecule has 8 rings (SSSR count). The minimum Gasteiger partial charge on any atom is -0.368 e. The van der Waals surface area contributed by atoms with E-state index in [0.29, 0.717) is 34.2 Å². The predicted octanol–water partition coefficient (Wildman–Crippen LogP) is 0.453. The van der Waals surface area contributed by atoms with Crippen LogP contribution in [-0.4, -0.2) is 101 Å². The molecule has 2 aliphatic rings. The highest BCUT2D eigenvalue weighted by molar-refractivity contribution is 6.92. The van der Waals surface area contributed by atoms with E-state index in [1.54, 1.807) is 89.6 Å². The fourth-order valence-electron chi connectivity index (χ4n) is 5.46. The van der Waals surface area contributed by atoms with Gasteiger partial charge < -0.3 is 34.4 Å². The number of amides is 8. The van der Waals surface area contributed by atoms with Gasteiger partial charge in [0.05, 0.1) is 1.28 Å². The highest BCUT2D eigenvalue weighted by atomic mass is 31.0. The number of nitrogen functional groups attached to an aromatic ring is 6. The Kier molecular flexibility index (Phi) is 20.7. The van der Waals surface area contributed by atoms with Gasteiger partial charge in [-0.3, -0.25) is 54.8 Å². The molecule has 0 bridgehead atoms. The van der Waals surface area contributed by atoms with Crippen molar-refractivity contribution in [1.29, 1.82) is 1.28 Å². The average Bonchev–Trinajstić information content (AvgIpc) is 3.37. The Hall–Kier alpha value is -10.4. The van der Waals surface area contributed by atoms with E-state index in [1.165, 1.54) is 0 Å². The fraction of sp³-hybridized carbons (Fsp3) is 0.0909. The number of anilines is 6. The zero-order valence-corrected chi connectivity index (χ0v) is 39.4. The second kappa shape index (κ2) is 28.2. The summed E-state index contributed by atoms with van der Waals surface area (Å²) in [5, 5.41) is 7.96. The number of hydrogen-bond acceptors (Lipinski definition) is 24. The number of barbiturate groups is 2. The summed E-state index contributed by atoms with van der Waals surface area (Å²) < 4.78 is 15.7. The van der Waals surface area contributed by atoms with E-state index in [1.807, 2.05) is 34.9 Å². The molecule has 16 N–H and O–H groups in total. The summed E-state index contributed by atoms with van der Waals surface area (Å²) >= 11 is 0. The lowest BCUT2D eigenvalue weighted by Crippen LogP contribution is -2.56. The second-order valence-electron chi connectivity index (χ2n) is 14.2. The number of imide groups is 4. The maximum Gasteiger partial charge on any atom is 0.328 e. The van der Waals surface area contributed by atoms with Crippen molar-refractivity contribution in [2.24, 2.45) is 5.92 Å². The standard InChI is InChI=1S/C16H15N7O3.C12H11N5O.C8H6O2.C4H7N5.C4H4N2O3.H3P.H2/c17-14-19-11(20-15(18)23-14)6-5-8-1-3-9(4-2-8)7-10-12(24)21-16(26)22-13(10)25;13-11-15-10(16-12(14)17-11)6-5-8-1-3-9(7-18)4-2-8;9-5-7-1-2-8(6-10)4-3-7;1-2-7-3(5)9-4(6)8-2;7-2-1-3(8)6-4(9)5-2;;/h1-6,10H,7H2,(H4,17,18,19,20,23)(H2,21,22,24,25,26);1-7H,(H4,13,14,15,16,17);1-6H;1H3,(H4,5,6,7,8,9);1H2,(H2,5,6,7,8,9);1H3;1H/b2*6-5+;;;;;/i;;;;;1T;1+2D. The van der Waals surface area contributed by atoms with E-state index in [4.69, 9.17) is 38.7 Å². The number of nitrogens with two attached hydrogens (primary N) is 6. The number of aldehydes is 3. The van der Waals surface area contributed by atoms with Crippen LogP contribution in [0.25, 0.3) is 24.3 Å². The fourth-order valence-corrected chi connectivity index (χ4v) is 5.46. The molecule has 29 heteroatoms. The maximum absolute atomic E-state index is 11.8. The zero-order valence-electron chi connectivity index (χ0n) is 41.2. The Bertz CT molecular complexity index is 2870. The van der Waals surface area contributed by atoms with Crippen LogP contribution in [0.4, 0.5) is 45.3 Å². The van der Waals surface area contributed by atoms with Gasteiger partial charge in [-0.05, 0) is 42.2 Å². The van der Waals surface area contributed by atoms with Crippen LogP contribution in [0.2, 0.25) is 0 Å². The summed E-state index contributed by atoms with van der Waals surface area (Å²) in [6.45, 7) is 1.70. The van der Waals surface area contributed by atoms with Crippen LogP contribution >= 0.6 is 9.84 Å². The van der Waals surface area contributed by atoms with Crippen LogP contribution in [0.5, 0.6) is 0 Å². The van der Waals surface area contributed by atoms with E-state index in [-0.39, 0.29) is 48.5 Å². The minimum atomic E-state index is -0.940. The van der Waals surface area contributed by atoms with Crippen LogP contribution < -0.4 is 55.7 Å². The Morgan fingerprint density at radius 2 is 0.808 bits per heavy atom. The number of nitrogens with zero attached hydrogens (tertiary/aromatic N) is 9. The number of rotatable bonds is 9. The third-order valence-corrected chi connectivity index (χ3v) is 8.64. The molecule has 2 fully saturated rings. The van der Waals surface area contributed by atoms with Gasteiger partial charge in [0.25, 0.3) is 0 Å². The van der Waals surface area contributed by atoms with Crippen molar-refractivity contribution in [1.82, 2.24) is 66.1 Å². The van der Waals surface area contributed by atoms with Gasteiger partial charge in [0.1, 0.15) is 37.0 Å². The van der Waals surface area contributed by atoms with Crippen molar-refractivity contribution >= 4 is 124 Å². The largest absolute Gasteiger partial charge is 0.368 e. The molecule has 3 aromatic heterocycles. The number of benzene rings is 3. The van der Waals surface area contributed by atoms with Gasteiger partial charge in [-0.1, -0.05) is 84.9 Å². The topological polar surface area (TPSA) is 474 Å². The van der Waals surface area contributed by atoms with Crippen molar-refractivity contribution in [3.8, 4) is 0 Å². The van der Waals surface area contributed by atoms with Crippen LogP contribution in [0, 0.1) is 12.8 Å². The number of nitrogens with one attached hydrogen (secondary N) is 4. The molecule has 6 aromatic rings. The maximum atomic E-state index is 11.8. The molecule has 8 amide bonds. The monoisotopic (exact) mass is 1020 g/mol. The van der Waals surface area contributed by atoms with Crippen molar-refractivity contribution in [2.75, 3.05) is 34.4 Å². The van der Waals surface area contributed by atoms with E-state index >= 15 is 0 Å². The average molecular weight is 1020 g/mol. The SMILES string of the molecule is Cc1nc(N)nc(N)n1.Nc1nc(N)nc(/C=C/c2ccc(C=O)cc2)n1.Nc1nc(N)nc(/C=C/c2ccc(CC3C(=O)NC(=O)NC3=O)cc2)n1.O=C1CC(=O)NC(=O)N1.O=Cc1ccc(C=O)cc1.[2H][3H].[3H]P. The van der Waals surface area contributed by atoms with Gasteiger partial charge in [-0.15, -0.1) is 0 Å². The van der Waals surface area contributed by atoms with E-state index in [9.17, 15) is 43.2 Å². The Balaban J connectivity index is 0.000000343. The highest BCUT2D eigenvalue weighted by Gasteiger charge is 2.34. The normalized spacial score (nSPS) is 12.9. The summed E-state index contributed by atoms with van der Waals surface area (Å²) in [6.07, 6.45) is 9.08. The summed E-state index contributed by atoms with van der Waals surface area (Å²) in [5.74, 6) is -1.42. The first-order chi connectivity index (χ1) is 36.3. The smallest absolute Gasteiger partial charge is 0.328 e. The van der Waals surface area contributed by atoms with Crippen molar-refractivity contribution in [3.05, 3.63) is 124 Å². The van der Waals surface area contributed by atoms with E-state index in [2.05, 4.69) is 55.5 Å². The third-order valence-electron chi connectivity index (χ3n) is 8.64. The van der Waals surface area contributed by atoms with E-state index in [0.717, 1.165) is 35.5 Å². The van der Waals surface area contributed by atoms with Crippen molar-refractivity contribution in [2.45, 2.75) is 19.8 Å². The molecule has 3 aromatic carbocycles. The highest BCUT2D eigenvalue weighted by Crippen LogP contribution is 2.15. The summed E-state index contributed by atoms with van der Waals surface area (Å²) in [4.78, 5) is 130. The molecule has 1 atom stereocenters. The Morgan fingerprint density at radius 3 is 1.12 bits per heavy atom. The van der Waals surface area contributed by atoms with Gasteiger partial charge in [0.15, 0.2) is 11.6 Å². The second-order valence-corrected chi connectivity index (χ2v) is 14.2. The summed E-state index contributed by atoms with van der Waals surface area (Å²) in [7, 11) is 1.67. The van der Waals surface area contributed by atoms with Gasteiger partial charge in [0.2, 0.25) is 59.3 Å². The molecule has 0 aliphatic carbocycles. The van der Waals surface area contributed by atoms with Crippen LogP contribution in [0.15, 0.2) is 72.8 Å². The quantitative estimate of drug-likeness (QED) is 0.0534. The number of aryl methyl sites for hydroxylation is 1. The molecule has 28 nitrogen and oxygen atoms in total. The summed E-state index contributed by atoms with van der Waals surface area (Å²) in [5.41, 5.74) is 36.7. The lowest BCUT2D eigenvalue weighted by Gasteiger charge is -2.20. The molecule has 0 radical (unpaired) electrons. The van der Waals surface area contributed by atoms with Crippen LogP contribution in [0.1, 0.15) is 74.6 Å². The molecule has 73 heavy (non-hydrogen) atoms. The number of carbonyl (C=O) groups is 9. The van der Waals surface area contributed by atoms with Crippen LogP contribution in [0.3, 0.4) is 0 Å². The predicted molar refractivity (Wildman–Crippen MR) is 272 cm³/mol. The molecule has 2 saturated heterocycles. The number of hydrogen-bond donors (Lipinski definition) is 10. The molecule has 1 unspecified atom stereocenters. The lowest BCUT2D eigenvalue weighted by molar-refractivity contribution is -0.136. The molecule has 0 saturated carbocycles. The molecular weight excluding hydrogens is 970 g/mol. The number of urea groups is 2. The van der Waals surface area contributed by atoms with E-state index < -0.39 is 41.6 Å². The first-order valence-electron chi connectivity index (χ1n) is 22.0. The Morgan fingerprint density at radius 1 is 0.507 bits per heavy atom. The third kappa shape index (κ3) is 20.4. The first kappa shape index (κ1) is 53.6. The van der Waals surface area contributed by atoms with Crippen molar-refractivity contribution in [3.63, 3.8) is 0 Å².